The van der Waals surface area contributed by atoms with Crippen LogP contribution in [-0.4, -0.2) is 112 Å². The molecular formula is C39H40F3N9O5. The molecule has 3 N–H and O–H groups in total. The van der Waals surface area contributed by atoms with Gasteiger partial charge in [-0.25, -0.2) is 13.8 Å². The Morgan fingerprint density at radius 1 is 0.946 bits per heavy atom. The molecule has 3 atom stereocenters. The third-order valence-electron chi connectivity index (χ3n) is 11.0. The highest BCUT2D eigenvalue weighted by Crippen LogP contribution is 2.39. The van der Waals surface area contributed by atoms with Gasteiger partial charge in [0.05, 0.1) is 31.1 Å². The van der Waals surface area contributed by atoms with E-state index in [0.29, 0.717) is 63.3 Å². The lowest BCUT2D eigenvalue weighted by molar-refractivity contribution is -0.136. The number of rotatable bonds is 7. The number of ether oxygens (including phenoxy) is 1. The highest BCUT2D eigenvalue weighted by atomic mass is 19.1. The van der Waals surface area contributed by atoms with E-state index >= 15 is 4.39 Å². The number of fused-ring (bicyclic) bond motifs is 4. The second-order valence-corrected chi connectivity index (χ2v) is 14.4. The highest BCUT2D eigenvalue weighted by Gasteiger charge is 2.40. The number of phenolic OH excluding ortho intramolecular Hbond substituents is 1. The smallest absolute Gasteiger partial charge is 0.255 e. The van der Waals surface area contributed by atoms with Gasteiger partial charge >= 0.3 is 0 Å². The maximum Gasteiger partial charge on any atom is 0.255 e. The molecule has 7 heterocycles. The van der Waals surface area contributed by atoms with E-state index in [-0.39, 0.29) is 41.8 Å². The molecule has 56 heavy (non-hydrogen) atoms. The average Bonchev–Trinajstić information content (AvgIpc) is 3.78. The number of piperidine rings is 1. The summed E-state index contributed by atoms with van der Waals surface area (Å²) in [7, 11) is 0.500. The molecule has 9 rings (SSSR count). The Labute approximate surface area is 320 Å². The van der Waals surface area contributed by atoms with Crippen LogP contribution in [0.2, 0.25) is 0 Å². The van der Waals surface area contributed by atoms with Crippen LogP contribution in [0.5, 0.6) is 11.6 Å². The van der Waals surface area contributed by atoms with Gasteiger partial charge in [-0.15, -0.1) is 10.2 Å². The minimum atomic E-state index is -0.741. The third kappa shape index (κ3) is 7.02. The zero-order chi connectivity index (χ0) is 39.1. The molecular weight excluding hydrogens is 731 g/mol. The fourth-order valence-electron chi connectivity index (χ4n) is 8.20. The summed E-state index contributed by atoms with van der Waals surface area (Å²) in [5.41, 5.74) is 4.45. The van der Waals surface area contributed by atoms with Crippen LogP contribution in [-0.2, 0) is 22.7 Å². The van der Waals surface area contributed by atoms with Crippen LogP contribution in [0, 0.1) is 11.6 Å². The van der Waals surface area contributed by atoms with Crippen molar-refractivity contribution in [1.82, 2.24) is 30.3 Å². The Kier molecular flexibility index (Phi) is 10.1. The number of phenols is 1. The molecule has 2 aromatic heterocycles. The average molecular weight is 772 g/mol. The van der Waals surface area contributed by atoms with Gasteiger partial charge in [0, 0.05) is 81.7 Å². The number of hydrogen-bond acceptors (Lipinski definition) is 12. The quantitative estimate of drug-likeness (QED) is 0.235. The Morgan fingerprint density at radius 3 is 2.55 bits per heavy atom. The Bertz CT molecular complexity index is 2190. The van der Waals surface area contributed by atoms with Crippen molar-refractivity contribution >= 4 is 34.9 Å². The number of aromatic nitrogens is 3. The molecule has 4 aromatic rings. The van der Waals surface area contributed by atoms with Gasteiger partial charge in [0.2, 0.25) is 11.8 Å². The van der Waals surface area contributed by atoms with Gasteiger partial charge in [-0.05, 0) is 53.9 Å². The van der Waals surface area contributed by atoms with Crippen LogP contribution < -0.4 is 25.2 Å². The Balaban J connectivity index is 0.00000217. The van der Waals surface area contributed by atoms with Crippen LogP contribution in [0.15, 0.2) is 54.7 Å². The van der Waals surface area contributed by atoms with E-state index in [4.69, 9.17) is 4.74 Å². The number of amides is 3. The number of carbonyl (C=O) groups is 3. The number of pyridine rings is 1. The van der Waals surface area contributed by atoms with E-state index in [9.17, 15) is 28.3 Å². The van der Waals surface area contributed by atoms with E-state index in [0.717, 1.165) is 48.7 Å². The molecule has 3 amide bonds. The molecule has 0 spiro atoms. The SMILES string of the molecule is CF.O=C1CCC(N2Cc3ccc(N4CCN(Cc5cnc(OC6CC7CNc8nnc(-c9cccc(F)c9O)cc8N7C6)c(F)c5)CC4)cc3C2=O)C(=O)N1. The zero-order valence-corrected chi connectivity index (χ0v) is 30.6. The number of imide groups is 1. The first-order chi connectivity index (χ1) is 27.2. The molecule has 3 saturated heterocycles. The number of halogens is 3. The summed E-state index contributed by atoms with van der Waals surface area (Å²) in [4.78, 5) is 49.8. The van der Waals surface area contributed by atoms with Crippen molar-refractivity contribution in [3.05, 3.63) is 83.1 Å². The fourth-order valence-corrected chi connectivity index (χ4v) is 8.20. The van der Waals surface area contributed by atoms with Crippen LogP contribution in [0.4, 0.5) is 30.4 Å². The maximum atomic E-state index is 15.4. The van der Waals surface area contributed by atoms with E-state index in [1.807, 2.05) is 18.2 Å². The highest BCUT2D eigenvalue weighted by molar-refractivity contribution is 6.05. The first-order valence-corrected chi connectivity index (χ1v) is 18.5. The van der Waals surface area contributed by atoms with E-state index in [1.54, 1.807) is 23.2 Å². The topological polar surface area (TPSA) is 156 Å². The molecule has 2 aromatic carbocycles. The summed E-state index contributed by atoms with van der Waals surface area (Å²) in [6.07, 6.45) is 2.48. The number of benzene rings is 2. The molecule has 14 nitrogen and oxygen atoms in total. The maximum absolute atomic E-state index is 15.4. The summed E-state index contributed by atoms with van der Waals surface area (Å²) in [6.45, 7) is 4.82. The molecule has 17 heteroatoms. The zero-order valence-electron chi connectivity index (χ0n) is 30.6. The van der Waals surface area contributed by atoms with E-state index in [1.165, 1.54) is 18.2 Å². The number of alkyl halides is 1. The van der Waals surface area contributed by atoms with Crippen molar-refractivity contribution in [2.45, 2.75) is 50.5 Å². The summed E-state index contributed by atoms with van der Waals surface area (Å²) in [6, 6.07) is 12.7. The molecule has 3 unspecified atom stereocenters. The van der Waals surface area contributed by atoms with Crippen molar-refractivity contribution < 1.29 is 37.4 Å². The molecule has 5 aliphatic rings. The minimum Gasteiger partial charge on any atom is -0.504 e. The minimum absolute atomic E-state index is 0.0477. The van der Waals surface area contributed by atoms with Crippen molar-refractivity contribution in [1.29, 1.82) is 0 Å². The number of nitrogens with zero attached hydrogens (tertiary/aromatic N) is 7. The van der Waals surface area contributed by atoms with Gasteiger partial charge in [0.1, 0.15) is 12.1 Å². The fraction of sp³-hybridized carbons (Fsp3) is 0.385. The second kappa shape index (κ2) is 15.3. The predicted molar refractivity (Wildman–Crippen MR) is 199 cm³/mol. The number of nitrogens with one attached hydrogen (secondary N) is 2. The van der Waals surface area contributed by atoms with Crippen LogP contribution in [0.25, 0.3) is 11.3 Å². The van der Waals surface area contributed by atoms with Crippen LogP contribution in [0.1, 0.15) is 40.7 Å². The number of piperazine rings is 1. The molecule has 3 fully saturated rings. The van der Waals surface area contributed by atoms with Gasteiger partial charge in [0.25, 0.3) is 11.8 Å². The summed E-state index contributed by atoms with van der Waals surface area (Å²) in [5, 5.41) is 24.3. The summed E-state index contributed by atoms with van der Waals surface area (Å²) in [5.74, 6) is -2.17. The largest absolute Gasteiger partial charge is 0.504 e. The summed E-state index contributed by atoms with van der Waals surface area (Å²) < 4.78 is 45.0. The van der Waals surface area contributed by atoms with Gasteiger partial charge < -0.3 is 29.9 Å². The van der Waals surface area contributed by atoms with E-state index < -0.39 is 29.3 Å². The summed E-state index contributed by atoms with van der Waals surface area (Å²) >= 11 is 0. The van der Waals surface area contributed by atoms with Crippen LogP contribution >= 0.6 is 0 Å². The third-order valence-corrected chi connectivity index (χ3v) is 11.0. The number of aromatic hydroxyl groups is 1. The van der Waals surface area contributed by atoms with Crippen molar-refractivity contribution in [3.63, 3.8) is 0 Å². The lowest BCUT2D eigenvalue weighted by Gasteiger charge is -2.36. The molecule has 0 bridgehead atoms. The molecule has 5 aliphatic heterocycles. The first-order valence-electron chi connectivity index (χ1n) is 18.5. The predicted octanol–water partition coefficient (Wildman–Crippen LogP) is 3.64. The molecule has 0 radical (unpaired) electrons. The number of hydrogen-bond donors (Lipinski definition) is 3. The van der Waals surface area contributed by atoms with Gasteiger partial charge in [-0.3, -0.25) is 29.0 Å². The van der Waals surface area contributed by atoms with Gasteiger partial charge in [-0.1, -0.05) is 12.1 Å². The standard InChI is InChI=1S/C38H37F2N9O5.CH3F/c39-28-3-1-2-26(34(28)51)30-15-32-35(45-44-30)41-17-24-13-25(20-48(24)32)54-37-29(40)12-21(16-42-37)18-46-8-10-47(11-9-46)23-5-4-22-19-49(38(53)27(22)14-23)31-6-7-33(50)43-36(31)52;1-2/h1-5,12,14-16,24-25,31,51H,6-11,13,17-20H2,(H,41,45)(H,43,50,52);1H3. The van der Waals surface area contributed by atoms with Crippen molar-refractivity contribution in [2.75, 3.05) is 61.6 Å². The number of para-hydroxylation sites is 1. The van der Waals surface area contributed by atoms with Crippen molar-refractivity contribution in [2.24, 2.45) is 0 Å². The van der Waals surface area contributed by atoms with E-state index in [2.05, 4.69) is 40.5 Å². The van der Waals surface area contributed by atoms with Gasteiger partial charge in [-0.2, -0.15) is 0 Å². The molecule has 0 saturated carbocycles. The Morgan fingerprint density at radius 2 is 1.77 bits per heavy atom. The number of carbonyl (C=O) groups excluding carboxylic acids is 3. The lowest BCUT2D eigenvalue weighted by Crippen LogP contribution is -2.52. The first kappa shape index (κ1) is 37.0. The molecule has 0 aliphatic carbocycles. The Hall–Kier alpha value is -5.97. The van der Waals surface area contributed by atoms with Gasteiger partial charge in [0.15, 0.2) is 23.2 Å². The van der Waals surface area contributed by atoms with Crippen molar-refractivity contribution in [3.8, 4) is 22.9 Å². The number of anilines is 3. The normalized spacial score (nSPS) is 21.8. The van der Waals surface area contributed by atoms with Crippen LogP contribution in [0.3, 0.4) is 0 Å². The lowest BCUT2D eigenvalue weighted by atomic mass is 10.0. The molecule has 292 valence electrons. The monoisotopic (exact) mass is 771 g/mol. The second-order valence-electron chi connectivity index (χ2n) is 14.4.